The molecule has 0 aliphatic heterocycles. The first-order chi connectivity index (χ1) is 10.1. The molecule has 0 fully saturated rings. The fourth-order valence-corrected chi connectivity index (χ4v) is 3.23. The topological polar surface area (TPSA) is 59.2 Å². The van der Waals surface area contributed by atoms with E-state index in [0.29, 0.717) is 12.2 Å². The van der Waals surface area contributed by atoms with Gasteiger partial charge in [-0.2, -0.15) is 0 Å². The molecule has 106 valence electrons. The highest BCUT2D eigenvalue weighted by molar-refractivity contribution is 7.20. The number of anilines is 1. The van der Waals surface area contributed by atoms with E-state index in [4.69, 9.17) is 5.73 Å². The summed E-state index contributed by atoms with van der Waals surface area (Å²) in [5.74, 6) is 0.0126. The van der Waals surface area contributed by atoms with E-state index < -0.39 is 0 Å². The smallest absolute Gasteiger partial charge is 0.264 e. The molecule has 0 spiro atoms. The maximum Gasteiger partial charge on any atom is 0.264 e. The number of amides is 1. The number of pyridine rings is 1. The highest BCUT2D eigenvalue weighted by Crippen LogP contribution is 2.28. The molecule has 2 aromatic heterocycles. The molecule has 0 aliphatic rings. The van der Waals surface area contributed by atoms with E-state index in [1.807, 2.05) is 36.4 Å². The van der Waals surface area contributed by atoms with Crippen LogP contribution >= 0.6 is 11.3 Å². The Kier molecular flexibility index (Phi) is 3.58. The number of carbonyl (C=O) groups excluding carboxylic acids is 1. The first-order valence-corrected chi connectivity index (χ1v) is 7.38. The Bertz CT molecular complexity index is 783. The van der Waals surface area contributed by atoms with Crippen molar-refractivity contribution in [2.75, 3.05) is 12.8 Å². The van der Waals surface area contributed by atoms with Crippen molar-refractivity contribution in [3.05, 3.63) is 59.2 Å². The van der Waals surface area contributed by atoms with E-state index in [9.17, 15) is 4.79 Å². The lowest BCUT2D eigenvalue weighted by atomic mass is 10.2. The number of benzene rings is 1. The highest BCUT2D eigenvalue weighted by Gasteiger charge is 2.15. The highest BCUT2D eigenvalue weighted by atomic mass is 32.1. The van der Waals surface area contributed by atoms with E-state index >= 15 is 0 Å². The van der Waals surface area contributed by atoms with E-state index in [1.165, 1.54) is 11.3 Å². The van der Waals surface area contributed by atoms with Crippen LogP contribution in [0, 0.1) is 0 Å². The Balaban J connectivity index is 1.82. The van der Waals surface area contributed by atoms with Gasteiger partial charge in [0.25, 0.3) is 5.91 Å². The molecule has 3 rings (SSSR count). The van der Waals surface area contributed by atoms with Crippen LogP contribution in [0.2, 0.25) is 0 Å². The van der Waals surface area contributed by atoms with Crippen LogP contribution in [0.1, 0.15) is 15.2 Å². The molecule has 0 aliphatic carbocycles. The van der Waals surface area contributed by atoms with Crippen LogP contribution in [0.5, 0.6) is 0 Å². The number of nitrogen functional groups attached to an aromatic ring is 1. The third-order valence-corrected chi connectivity index (χ3v) is 4.34. The van der Waals surface area contributed by atoms with Gasteiger partial charge < -0.3 is 10.6 Å². The number of hydrogen-bond donors (Lipinski definition) is 1. The third kappa shape index (κ3) is 2.87. The molecule has 0 saturated carbocycles. The van der Waals surface area contributed by atoms with Gasteiger partial charge >= 0.3 is 0 Å². The number of thiophene rings is 1. The van der Waals surface area contributed by atoms with Crippen LogP contribution < -0.4 is 5.73 Å². The lowest BCUT2D eigenvalue weighted by Crippen LogP contribution is -2.25. The van der Waals surface area contributed by atoms with Gasteiger partial charge in [0.15, 0.2) is 0 Å². The van der Waals surface area contributed by atoms with Crippen molar-refractivity contribution < 1.29 is 4.79 Å². The molecule has 1 amide bonds. The van der Waals surface area contributed by atoms with Crippen molar-refractivity contribution in [3.63, 3.8) is 0 Å². The first kappa shape index (κ1) is 13.6. The number of aromatic nitrogens is 1. The number of carbonyl (C=O) groups is 1. The Morgan fingerprint density at radius 2 is 2.19 bits per heavy atom. The second-order valence-electron chi connectivity index (χ2n) is 4.93. The van der Waals surface area contributed by atoms with Crippen LogP contribution in [0.4, 0.5) is 5.69 Å². The lowest BCUT2D eigenvalue weighted by Gasteiger charge is -2.15. The first-order valence-electron chi connectivity index (χ1n) is 6.57. The van der Waals surface area contributed by atoms with Crippen LogP contribution in [-0.4, -0.2) is 22.8 Å². The van der Waals surface area contributed by atoms with Crippen molar-refractivity contribution in [1.29, 1.82) is 0 Å². The molecule has 0 radical (unpaired) electrons. The fourth-order valence-electron chi connectivity index (χ4n) is 2.19. The lowest BCUT2D eigenvalue weighted by molar-refractivity contribution is 0.0790. The summed E-state index contributed by atoms with van der Waals surface area (Å²) in [6, 6.07) is 11.4. The second-order valence-corrected chi connectivity index (χ2v) is 6.01. The summed E-state index contributed by atoms with van der Waals surface area (Å²) in [6.07, 6.45) is 3.50. The van der Waals surface area contributed by atoms with Crippen LogP contribution in [0.25, 0.3) is 10.1 Å². The Hall–Kier alpha value is -2.40. The van der Waals surface area contributed by atoms with Crippen molar-refractivity contribution in [2.45, 2.75) is 6.54 Å². The summed E-state index contributed by atoms with van der Waals surface area (Å²) in [4.78, 5) is 19.0. The van der Waals surface area contributed by atoms with Gasteiger partial charge in [-0.05, 0) is 41.3 Å². The molecule has 0 bridgehead atoms. The quantitative estimate of drug-likeness (QED) is 0.755. The van der Waals surface area contributed by atoms with Crippen molar-refractivity contribution >= 4 is 33.0 Å². The zero-order valence-electron chi connectivity index (χ0n) is 11.6. The maximum atomic E-state index is 12.5. The van der Waals surface area contributed by atoms with Crippen molar-refractivity contribution in [2.24, 2.45) is 0 Å². The van der Waals surface area contributed by atoms with Gasteiger partial charge in [-0.1, -0.05) is 6.07 Å². The Labute approximate surface area is 126 Å². The second kappa shape index (κ2) is 5.54. The van der Waals surface area contributed by atoms with Crippen LogP contribution in [0.3, 0.4) is 0 Å². The number of fused-ring (bicyclic) bond motifs is 1. The molecule has 21 heavy (non-hydrogen) atoms. The van der Waals surface area contributed by atoms with Crippen LogP contribution in [0.15, 0.2) is 48.8 Å². The summed E-state index contributed by atoms with van der Waals surface area (Å²) in [6.45, 7) is 0.545. The average Bonchev–Trinajstić information content (AvgIpc) is 2.90. The number of nitrogens with zero attached hydrogens (tertiary/aromatic N) is 2. The number of hydrogen-bond acceptors (Lipinski definition) is 4. The summed E-state index contributed by atoms with van der Waals surface area (Å²) < 4.78 is 1.07. The molecule has 0 saturated heterocycles. The van der Waals surface area contributed by atoms with Crippen molar-refractivity contribution in [3.8, 4) is 0 Å². The molecule has 0 unspecified atom stereocenters. The fraction of sp³-hybridized carbons (Fsp3) is 0.125. The van der Waals surface area contributed by atoms with Gasteiger partial charge in [0.05, 0.1) is 4.88 Å². The molecule has 3 aromatic rings. The van der Waals surface area contributed by atoms with Gasteiger partial charge in [-0.3, -0.25) is 9.78 Å². The minimum absolute atomic E-state index is 0.0126. The summed E-state index contributed by atoms with van der Waals surface area (Å²) in [5.41, 5.74) is 7.50. The largest absolute Gasteiger partial charge is 0.399 e. The third-order valence-electron chi connectivity index (χ3n) is 3.24. The Morgan fingerprint density at radius 1 is 1.33 bits per heavy atom. The average molecular weight is 297 g/mol. The Morgan fingerprint density at radius 3 is 2.95 bits per heavy atom. The van der Waals surface area contributed by atoms with E-state index in [1.54, 1.807) is 24.3 Å². The molecule has 0 atom stereocenters. The molecular formula is C16H15N3OS. The SMILES string of the molecule is CN(Cc1cccnc1)C(=O)c1cc2cc(N)ccc2s1. The van der Waals surface area contributed by atoms with Crippen LogP contribution in [-0.2, 0) is 6.54 Å². The molecular weight excluding hydrogens is 282 g/mol. The van der Waals surface area contributed by atoms with Crippen molar-refractivity contribution in [1.82, 2.24) is 9.88 Å². The van der Waals surface area contributed by atoms with Gasteiger partial charge in [-0.25, -0.2) is 0 Å². The minimum atomic E-state index is 0.0126. The zero-order chi connectivity index (χ0) is 14.8. The normalized spacial score (nSPS) is 10.7. The van der Waals surface area contributed by atoms with Gasteiger partial charge in [-0.15, -0.1) is 11.3 Å². The molecule has 1 aromatic carbocycles. The summed E-state index contributed by atoms with van der Waals surface area (Å²) >= 11 is 1.49. The van der Waals surface area contributed by atoms with E-state index in [0.717, 1.165) is 20.5 Å². The van der Waals surface area contributed by atoms with Gasteiger partial charge in [0.2, 0.25) is 0 Å². The molecule has 4 nitrogen and oxygen atoms in total. The molecule has 2 N–H and O–H groups in total. The zero-order valence-corrected chi connectivity index (χ0v) is 12.4. The number of nitrogens with two attached hydrogens (primary N) is 1. The van der Waals surface area contributed by atoms with E-state index in [2.05, 4.69) is 4.98 Å². The van der Waals surface area contributed by atoms with Gasteiger partial charge in [0.1, 0.15) is 0 Å². The summed E-state index contributed by atoms with van der Waals surface area (Å²) in [7, 11) is 1.80. The minimum Gasteiger partial charge on any atom is -0.399 e. The summed E-state index contributed by atoms with van der Waals surface area (Å²) in [5, 5.41) is 1.01. The molecule has 2 heterocycles. The number of rotatable bonds is 3. The molecule has 5 heteroatoms. The predicted octanol–water partition coefficient (Wildman–Crippen LogP) is 3.15. The maximum absolute atomic E-state index is 12.5. The predicted molar refractivity (Wildman–Crippen MR) is 86.3 cm³/mol. The monoisotopic (exact) mass is 297 g/mol. The van der Waals surface area contributed by atoms with Gasteiger partial charge in [0, 0.05) is 36.4 Å². The van der Waals surface area contributed by atoms with E-state index in [-0.39, 0.29) is 5.91 Å². The standard InChI is InChI=1S/C16H15N3OS/c1-19(10-11-3-2-6-18-9-11)16(20)15-8-12-7-13(17)4-5-14(12)21-15/h2-9H,10,17H2,1H3.